The average molecular weight is 295 g/mol. The Hall–Kier alpha value is -0.0800. The van der Waals surface area contributed by atoms with E-state index in [0.29, 0.717) is 6.42 Å². The normalized spacial score (nSPS) is 15.7. The molecule has 0 saturated carbocycles. The topological polar surface area (TPSA) is 66.4 Å². The number of hydrogen-bond donors (Lipinski definition) is 2. The first kappa shape index (κ1) is 15.0. The summed E-state index contributed by atoms with van der Waals surface area (Å²) in [6, 6.07) is 3.23. The Morgan fingerprint density at radius 3 is 2.82 bits per heavy atom. The Balaban J connectivity index is 2.56. The summed E-state index contributed by atoms with van der Waals surface area (Å²) < 4.78 is 26.3. The van der Waals surface area contributed by atoms with Crippen LogP contribution in [0, 0.1) is 0 Å². The van der Waals surface area contributed by atoms with Crippen LogP contribution in [0.3, 0.4) is 0 Å². The second-order valence-electron chi connectivity index (χ2n) is 4.00. The number of aliphatic hydroxyl groups is 1. The molecular weight excluding hydrogens is 278 g/mol. The lowest BCUT2D eigenvalue weighted by Crippen LogP contribution is -2.40. The van der Waals surface area contributed by atoms with Crippen LogP contribution in [0.1, 0.15) is 13.3 Å². The molecule has 0 spiro atoms. The summed E-state index contributed by atoms with van der Waals surface area (Å²) in [5.41, 5.74) is -1.01. The van der Waals surface area contributed by atoms with Gasteiger partial charge < -0.3 is 5.11 Å². The molecule has 4 nitrogen and oxygen atoms in total. The molecule has 0 fully saturated rings. The number of nitrogens with one attached hydrogen (secondary N) is 1. The Morgan fingerprint density at radius 1 is 1.59 bits per heavy atom. The summed E-state index contributed by atoms with van der Waals surface area (Å²) in [5.74, 6) is 0.799. The summed E-state index contributed by atoms with van der Waals surface area (Å²) in [5, 5.41) is 11.7. The van der Waals surface area contributed by atoms with E-state index in [1.807, 2.05) is 6.26 Å². The van der Waals surface area contributed by atoms with E-state index in [4.69, 9.17) is 0 Å². The zero-order valence-electron chi connectivity index (χ0n) is 9.84. The number of sulfonamides is 1. The lowest BCUT2D eigenvalue weighted by Gasteiger charge is -2.22. The van der Waals surface area contributed by atoms with Crippen LogP contribution >= 0.6 is 23.1 Å². The summed E-state index contributed by atoms with van der Waals surface area (Å²) in [6.07, 6.45) is 2.51. The highest BCUT2D eigenvalue weighted by Crippen LogP contribution is 2.17. The summed E-state index contributed by atoms with van der Waals surface area (Å²) in [4.78, 5) is 0. The van der Waals surface area contributed by atoms with Gasteiger partial charge in [-0.25, -0.2) is 13.1 Å². The predicted molar refractivity (Wildman–Crippen MR) is 73.1 cm³/mol. The molecule has 0 aliphatic rings. The second kappa shape index (κ2) is 6.19. The quantitative estimate of drug-likeness (QED) is 0.800. The fourth-order valence-corrected chi connectivity index (χ4v) is 3.99. The van der Waals surface area contributed by atoms with Crippen molar-refractivity contribution in [3.8, 4) is 0 Å². The molecule has 1 atom stereocenters. The third kappa shape index (κ3) is 4.97. The molecule has 0 aliphatic carbocycles. The van der Waals surface area contributed by atoms with Gasteiger partial charge in [-0.1, -0.05) is 6.07 Å². The van der Waals surface area contributed by atoms with E-state index in [-0.39, 0.29) is 10.8 Å². The molecule has 2 N–H and O–H groups in total. The lowest BCUT2D eigenvalue weighted by atomic mass is 10.1. The molecule has 0 aromatic carbocycles. The van der Waals surface area contributed by atoms with Crippen molar-refractivity contribution >= 4 is 33.1 Å². The van der Waals surface area contributed by atoms with E-state index in [1.165, 1.54) is 0 Å². The van der Waals surface area contributed by atoms with Crippen LogP contribution in [0.5, 0.6) is 0 Å². The fraction of sp³-hybridized carbons (Fsp3) is 0.600. The minimum Gasteiger partial charge on any atom is -0.389 e. The minimum absolute atomic E-state index is 0.0355. The first-order chi connectivity index (χ1) is 7.87. The van der Waals surface area contributed by atoms with Gasteiger partial charge in [-0.15, -0.1) is 11.3 Å². The zero-order valence-corrected chi connectivity index (χ0v) is 12.3. The van der Waals surface area contributed by atoms with Gasteiger partial charge >= 0.3 is 0 Å². The smallest absolute Gasteiger partial charge is 0.250 e. The third-order valence-electron chi connectivity index (χ3n) is 2.25. The van der Waals surface area contributed by atoms with Gasteiger partial charge in [-0.3, -0.25) is 0 Å². The number of thiophene rings is 1. The van der Waals surface area contributed by atoms with E-state index in [0.717, 1.165) is 17.1 Å². The molecule has 0 amide bonds. The number of hydrogen-bond acceptors (Lipinski definition) is 5. The largest absolute Gasteiger partial charge is 0.389 e. The molecule has 0 radical (unpaired) electrons. The van der Waals surface area contributed by atoms with Crippen LogP contribution in [-0.2, 0) is 10.0 Å². The van der Waals surface area contributed by atoms with Crippen LogP contribution in [0.15, 0.2) is 21.7 Å². The van der Waals surface area contributed by atoms with Crippen LogP contribution in [0.4, 0.5) is 0 Å². The predicted octanol–water partition coefficient (Wildman–Crippen LogP) is 1.53. The first-order valence-corrected chi connectivity index (χ1v) is 8.87. The minimum atomic E-state index is -3.47. The van der Waals surface area contributed by atoms with Gasteiger partial charge in [0.1, 0.15) is 4.21 Å². The van der Waals surface area contributed by atoms with Gasteiger partial charge in [-0.2, -0.15) is 11.8 Å². The van der Waals surface area contributed by atoms with E-state index < -0.39 is 15.6 Å². The highest BCUT2D eigenvalue weighted by molar-refractivity contribution is 7.98. The third-order valence-corrected chi connectivity index (χ3v) is 5.66. The second-order valence-corrected chi connectivity index (χ2v) is 7.92. The number of thioether (sulfide) groups is 1. The Labute approximate surface area is 110 Å². The monoisotopic (exact) mass is 295 g/mol. The summed E-state index contributed by atoms with van der Waals surface area (Å²) >= 11 is 2.79. The maximum atomic E-state index is 11.8. The van der Waals surface area contributed by atoms with Crippen molar-refractivity contribution in [3.05, 3.63) is 17.5 Å². The van der Waals surface area contributed by atoms with Crippen molar-refractivity contribution in [1.82, 2.24) is 4.72 Å². The standard InChI is InChI=1S/C10H17NO3S3/c1-10(12,5-7-15-2)8-11-17(13,14)9-4-3-6-16-9/h3-4,6,11-12H,5,7-8H2,1-2H3/t10-/m0/s1. The highest BCUT2D eigenvalue weighted by Gasteiger charge is 2.24. The molecular formula is C10H17NO3S3. The molecule has 17 heavy (non-hydrogen) atoms. The van der Waals surface area contributed by atoms with Gasteiger partial charge in [0.25, 0.3) is 0 Å². The molecule has 98 valence electrons. The Kier molecular flexibility index (Phi) is 5.46. The maximum absolute atomic E-state index is 11.8. The van der Waals surface area contributed by atoms with E-state index in [9.17, 15) is 13.5 Å². The van der Waals surface area contributed by atoms with E-state index >= 15 is 0 Å². The van der Waals surface area contributed by atoms with Crippen molar-refractivity contribution in [3.63, 3.8) is 0 Å². The van der Waals surface area contributed by atoms with Crippen molar-refractivity contribution < 1.29 is 13.5 Å². The fourth-order valence-electron chi connectivity index (χ4n) is 1.15. The molecule has 1 rings (SSSR count). The van der Waals surface area contributed by atoms with Crippen LogP contribution in [-0.4, -0.2) is 37.7 Å². The average Bonchev–Trinajstić information content (AvgIpc) is 2.78. The Morgan fingerprint density at radius 2 is 2.29 bits per heavy atom. The summed E-state index contributed by atoms with van der Waals surface area (Å²) in [7, 11) is -3.47. The van der Waals surface area contributed by atoms with Crippen molar-refractivity contribution in [2.45, 2.75) is 23.2 Å². The van der Waals surface area contributed by atoms with E-state index in [1.54, 1.807) is 36.2 Å². The number of rotatable bonds is 7. The lowest BCUT2D eigenvalue weighted by molar-refractivity contribution is 0.0626. The molecule has 0 saturated heterocycles. The SMILES string of the molecule is CSCC[C@](C)(O)CNS(=O)(=O)c1cccs1. The van der Waals surface area contributed by atoms with Gasteiger partial charge in [0.05, 0.1) is 5.60 Å². The van der Waals surface area contributed by atoms with Crippen LogP contribution < -0.4 is 4.72 Å². The molecule has 7 heteroatoms. The van der Waals surface area contributed by atoms with Gasteiger partial charge in [0.2, 0.25) is 10.0 Å². The van der Waals surface area contributed by atoms with Crippen LogP contribution in [0.2, 0.25) is 0 Å². The molecule has 1 aromatic rings. The molecule has 1 heterocycles. The van der Waals surface area contributed by atoms with Gasteiger partial charge in [0, 0.05) is 6.54 Å². The molecule has 0 bridgehead atoms. The maximum Gasteiger partial charge on any atom is 0.250 e. The van der Waals surface area contributed by atoms with Crippen LogP contribution in [0.25, 0.3) is 0 Å². The van der Waals surface area contributed by atoms with Gasteiger partial charge in [0.15, 0.2) is 0 Å². The van der Waals surface area contributed by atoms with Crippen molar-refractivity contribution in [2.24, 2.45) is 0 Å². The molecule has 1 aromatic heterocycles. The van der Waals surface area contributed by atoms with Gasteiger partial charge in [-0.05, 0) is 36.8 Å². The Bertz CT molecular complexity index is 426. The summed E-state index contributed by atoms with van der Waals surface area (Å²) in [6.45, 7) is 1.67. The zero-order chi connectivity index (χ0) is 12.9. The highest BCUT2D eigenvalue weighted by atomic mass is 32.2. The van der Waals surface area contributed by atoms with Crippen molar-refractivity contribution in [1.29, 1.82) is 0 Å². The van der Waals surface area contributed by atoms with Crippen molar-refractivity contribution in [2.75, 3.05) is 18.6 Å². The molecule has 0 unspecified atom stereocenters. The molecule has 0 aliphatic heterocycles. The first-order valence-electron chi connectivity index (χ1n) is 5.12. The van der Waals surface area contributed by atoms with E-state index in [2.05, 4.69) is 4.72 Å².